The number of carbonyl (C=O) groups is 2. The number of nitrogens with one attached hydrogen (secondary N) is 2. The Hall–Kier alpha value is -1.96. The van der Waals surface area contributed by atoms with Gasteiger partial charge >= 0.3 is 0 Å². The average Bonchev–Trinajstić information content (AvgIpc) is 3.31. The van der Waals surface area contributed by atoms with Crippen molar-refractivity contribution in [3.63, 3.8) is 0 Å². The number of fused-ring (bicyclic) bond motifs is 1. The molecule has 134 valence electrons. The molecule has 0 aliphatic carbocycles. The lowest BCUT2D eigenvalue weighted by molar-refractivity contribution is -0.148. The van der Waals surface area contributed by atoms with Crippen LogP contribution in [0.15, 0.2) is 18.2 Å². The average molecular weight is 345 g/mol. The van der Waals surface area contributed by atoms with Gasteiger partial charge in [-0.2, -0.15) is 0 Å². The van der Waals surface area contributed by atoms with E-state index in [9.17, 15) is 9.59 Å². The van der Waals surface area contributed by atoms with Crippen LogP contribution < -0.4 is 10.6 Å². The summed E-state index contributed by atoms with van der Waals surface area (Å²) < 4.78 is 11.0. The molecule has 2 N–H and O–H groups in total. The largest absolute Gasteiger partial charge is 0.378 e. The molecule has 0 bridgehead atoms. The molecule has 0 saturated carbocycles. The molecule has 3 aliphatic rings. The zero-order chi connectivity index (χ0) is 17.2. The number of hydrogen-bond donors (Lipinski definition) is 2. The number of morpholine rings is 1. The molecule has 2 fully saturated rings. The summed E-state index contributed by atoms with van der Waals surface area (Å²) in [6, 6.07) is 5.94. The first kappa shape index (κ1) is 16.5. The van der Waals surface area contributed by atoms with E-state index >= 15 is 0 Å². The highest BCUT2D eigenvalue weighted by Gasteiger charge is 2.37. The third-order valence-corrected chi connectivity index (χ3v) is 5.01. The quantitative estimate of drug-likeness (QED) is 0.840. The van der Waals surface area contributed by atoms with Crippen LogP contribution in [0.3, 0.4) is 0 Å². The lowest BCUT2D eigenvalue weighted by Gasteiger charge is -2.29. The van der Waals surface area contributed by atoms with E-state index in [0.717, 1.165) is 18.8 Å². The number of hydrogen-bond acceptors (Lipinski definition) is 5. The van der Waals surface area contributed by atoms with E-state index in [2.05, 4.69) is 10.6 Å². The molecule has 25 heavy (non-hydrogen) atoms. The van der Waals surface area contributed by atoms with Gasteiger partial charge in [0.1, 0.15) is 12.2 Å². The Morgan fingerprint density at radius 1 is 1.08 bits per heavy atom. The predicted molar refractivity (Wildman–Crippen MR) is 90.9 cm³/mol. The fraction of sp³-hybridized carbons (Fsp3) is 0.556. The summed E-state index contributed by atoms with van der Waals surface area (Å²) in [5.74, 6) is -0.203. The maximum Gasteiger partial charge on any atom is 0.253 e. The number of amides is 2. The number of carbonyl (C=O) groups excluding carboxylic acids is 2. The maximum absolute atomic E-state index is 12.5. The van der Waals surface area contributed by atoms with Gasteiger partial charge in [0, 0.05) is 31.9 Å². The molecular weight excluding hydrogens is 322 g/mol. The van der Waals surface area contributed by atoms with Gasteiger partial charge in [-0.15, -0.1) is 0 Å². The monoisotopic (exact) mass is 345 g/mol. The van der Waals surface area contributed by atoms with E-state index in [0.29, 0.717) is 39.1 Å². The van der Waals surface area contributed by atoms with Crippen LogP contribution in [0.4, 0.5) is 5.69 Å². The number of nitrogens with zero attached hydrogens (tertiary/aromatic N) is 1. The van der Waals surface area contributed by atoms with Gasteiger partial charge in [-0.3, -0.25) is 9.59 Å². The van der Waals surface area contributed by atoms with Crippen molar-refractivity contribution in [2.24, 2.45) is 0 Å². The first-order chi connectivity index (χ1) is 12.2. The van der Waals surface area contributed by atoms with E-state index in [1.54, 1.807) is 4.90 Å². The molecule has 7 nitrogen and oxygen atoms in total. The van der Waals surface area contributed by atoms with E-state index in [4.69, 9.17) is 9.47 Å². The van der Waals surface area contributed by atoms with Crippen molar-refractivity contribution in [3.8, 4) is 0 Å². The van der Waals surface area contributed by atoms with Crippen molar-refractivity contribution in [2.75, 3.05) is 31.6 Å². The minimum absolute atomic E-state index is 0.0257. The van der Waals surface area contributed by atoms with Crippen LogP contribution >= 0.6 is 0 Å². The molecule has 1 aromatic carbocycles. The minimum atomic E-state index is -0.568. The van der Waals surface area contributed by atoms with Gasteiger partial charge in [0.15, 0.2) is 0 Å². The van der Waals surface area contributed by atoms with Gasteiger partial charge in [-0.25, -0.2) is 0 Å². The summed E-state index contributed by atoms with van der Waals surface area (Å²) in [5.41, 5.74) is 3.26. The number of anilines is 1. The van der Waals surface area contributed by atoms with Crippen LogP contribution in [-0.2, 0) is 32.2 Å². The molecule has 0 radical (unpaired) electrons. The van der Waals surface area contributed by atoms with Crippen LogP contribution in [0.1, 0.15) is 24.0 Å². The number of rotatable bonds is 3. The molecule has 0 spiro atoms. The van der Waals surface area contributed by atoms with Gasteiger partial charge < -0.3 is 25.0 Å². The van der Waals surface area contributed by atoms with Gasteiger partial charge in [0.2, 0.25) is 0 Å². The molecule has 2 atom stereocenters. The topological polar surface area (TPSA) is 79.9 Å². The van der Waals surface area contributed by atoms with Gasteiger partial charge in [-0.1, -0.05) is 6.07 Å². The SMILES string of the molecule is O=C(Nc1ccc2c(c1)CNC2)[C@@H]1CC[C@H](C(=O)N2CCOCC2)O1. The Labute approximate surface area is 146 Å². The standard InChI is InChI=1S/C18H23N3O4/c22-17(20-14-2-1-12-10-19-11-13(12)9-14)15-3-4-16(25-15)18(23)21-5-7-24-8-6-21/h1-2,9,15-16,19H,3-8,10-11H2,(H,20,22)/t15-,16+/m0/s1. The van der Waals surface area contributed by atoms with Crippen LogP contribution in [0.5, 0.6) is 0 Å². The fourth-order valence-corrected chi connectivity index (χ4v) is 3.59. The fourth-order valence-electron chi connectivity index (χ4n) is 3.59. The zero-order valence-corrected chi connectivity index (χ0v) is 14.1. The molecule has 3 heterocycles. The summed E-state index contributed by atoms with van der Waals surface area (Å²) in [5, 5.41) is 6.20. The minimum Gasteiger partial charge on any atom is -0.378 e. The smallest absolute Gasteiger partial charge is 0.253 e. The van der Waals surface area contributed by atoms with Gasteiger partial charge in [-0.05, 0) is 36.1 Å². The highest BCUT2D eigenvalue weighted by atomic mass is 16.5. The van der Waals surface area contributed by atoms with Gasteiger partial charge in [0.05, 0.1) is 13.2 Å². The zero-order valence-electron chi connectivity index (χ0n) is 14.1. The van der Waals surface area contributed by atoms with Crippen LogP contribution in [0.2, 0.25) is 0 Å². The van der Waals surface area contributed by atoms with Crippen LogP contribution in [0.25, 0.3) is 0 Å². The summed E-state index contributed by atoms with van der Waals surface area (Å²) in [6.07, 6.45) is 0.0704. The third kappa shape index (κ3) is 3.53. The number of ether oxygens (including phenoxy) is 2. The predicted octanol–water partition coefficient (Wildman–Crippen LogP) is 0.635. The van der Waals surface area contributed by atoms with E-state index < -0.39 is 12.2 Å². The van der Waals surface area contributed by atoms with Crippen LogP contribution in [0, 0.1) is 0 Å². The normalized spacial score (nSPS) is 25.7. The summed E-state index contributed by atoms with van der Waals surface area (Å²) in [6.45, 7) is 4.03. The summed E-state index contributed by atoms with van der Waals surface area (Å²) in [4.78, 5) is 26.7. The van der Waals surface area contributed by atoms with Crippen molar-refractivity contribution in [3.05, 3.63) is 29.3 Å². The van der Waals surface area contributed by atoms with Gasteiger partial charge in [0.25, 0.3) is 11.8 Å². The summed E-state index contributed by atoms with van der Waals surface area (Å²) in [7, 11) is 0. The van der Waals surface area contributed by atoms with Crippen molar-refractivity contribution in [2.45, 2.75) is 38.1 Å². The van der Waals surface area contributed by atoms with E-state index in [1.807, 2.05) is 18.2 Å². The summed E-state index contributed by atoms with van der Waals surface area (Å²) >= 11 is 0. The van der Waals surface area contributed by atoms with Crippen LogP contribution in [-0.4, -0.2) is 55.2 Å². The molecule has 2 saturated heterocycles. The molecule has 1 aromatic rings. The lowest BCUT2D eigenvalue weighted by atomic mass is 10.1. The van der Waals surface area contributed by atoms with Crippen molar-refractivity contribution < 1.29 is 19.1 Å². The molecule has 7 heteroatoms. The molecule has 0 aromatic heterocycles. The van der Waals surface area contributed by atoms with Crippen molar-refractivity contribution >= 4 is 17.5 Å². The molecule has 2 amide bonds. The second kappa shape index (κ2) is 7.11. The van der Waals surface area contributed by atoms with Crippen molar-refractivity contribution in [1.82, 2.24) is 10.2 Å². The second-order valence-electron chi connectivity index (χ2n) is 6.70. The first-order valence-corrected chi connectivity index (χ1v) is 8.86. The molecule has 0 unspecified atom stereocenters. The van der Waals surface area contributed by atoms with E-state index in [-0.39, 0.29) is 11.8 Å². The van der Waals surface area contributed by atoms with E-state index in [1.165, 1.54) is 11.1 Å². The maximum atomic E-state index is 12.5. The van der Waals surface area contributed by atoms with Crippen molar-refractivity contribution in [1.29, 1.82) is 0 Å². The first-order valence-electron chi connectivity index (χ1n) is 8.86. The second-order valence-corrected chi connectivity index (χ2v) is 6.70. The molecular formula is C18H23N3O4. The Kier molecular flexibility index (Phi) is 4.70. The third-order valence-electron chi connectivity index (χ3n) is 5.01. The Balaban J connectivity index is 1.33. The highest BCUT2D eigenvalue weighted by molar-refractivity contribution is 5.95. The molecule has 4 rings (SSSR count). The Bertz CT molecular complexity index is 672. The Morgan fingerprint density at radius 3 is 2.68 bits per heavy atom. The lowest BCUT2D eigenvalue weighted by Crippen LogP contribution is -2.46. The number of benzene rings is 1. The Morgan fingerprint density at radius 2 is 1.84 bits per heavy atom. The molecule has 3 aliphatic heterocycles. The highest BCUT2D eigenvalue weighted by Crippen LogP contribution is 2.24.